The first-order valence-electron chi connectivity index (χ1n) is 6.78. The molecule has 104 valence electrons. The number of carbonyl (C=O) groups is 1. The molecule has 1 amide bonds. The van der Waals surface area contributed by atoms with Gasteiger partial charge in [-0.15, -0.1) is 0 Å². The summed E-state index contributed by atoms with van der Waals surface area (Å²) in [6, 6.07) is 10.2. The average Bonchev–Trinajstić information content (AvgIpc) is 3.09. The Hall–Kier alpha value is -2.21. The molecule has 2 aromatic rings. The van der Waals surface area contributed by atoms with Gasteiger partial charge in [0.1, 0.15) is 11.4 Å². The molecule has 0 spiro atoms. The van der Waals surface area contributed by atoms with Gasteiger partial charge in [-0.3, -0.25) is 4.79 Å². The number of rotatable bonds is 5. The van der Waals surface area contributed by atoms with E-state index in [-0.39, 0.29) is 11.9 Å². The lowest BCUT2D eigenvalue weighted by atomic mass is 10.1. The normalized spacial score (nSPS) is 18.2. The maximum atomic E-state index is 11.1. The molecule has 1 aromatic carbocycles. The van der Waals surface area contributed by atoms with Crippen molar-refractivity contribution >= 4 is 5.91 Å². The second-order valence-electron chi connectivity index (χ2n) is 4.92. The number of aromatic amines is 1. The van der Waals surface area contributed by atoms with Crippen LogP contribution in [-0.4, -0.2) is 33.9 Å². The quantitative estimate of drug-likeness (QED) is 0.752. The molecular formula is C14H17N5O. The molecule has 0 aliphatic carbocycles. The number of hydrogen-bond donors (Lipinski definition) is 3. The standard InChI is InChI=1S/C14H17N5O/c20-13-7-6-11(16-13)8-15-9-12-14(18-19-17-12)10-4-2-1-3-5-10/h1-5,11,15H,6-9H2,(H,16,20)(H,17,18,19). The van der Waals surface area contributed by atoms with Crippen LogP contribution in [0.5, 0.6) is 0 Å². The minimum Gasteiger partial charge on any atom is -0.352 e. The molecule has 1 atom stereocenters. The highest BCUT2D eigenvalue weighted by Gasteiger charge is 2.20. The van der Waals surface area contributed by atoms with Gasteiger partial charge in [-0.1, -0.05) is 30.3 Å². The molecule has 0 bridgehead atoms. The number of nitrogens with one attached hydrogen (secondary N) is 3. The van der Waals surface area contributed by atoms with Crippen molar-refractivity contribution in [3.8, 4) is 11.3 Å². The summed E-state index contributed by atoms with van der Waals surface area (Å²) in [5.74, 6) is 0.142. The summed E-state index contributed by atoms with van der Waals surface area (Å²) in [5.41, 5.74) is 2.81. The van der Waals surface area contributed by atoms with E-state index >= 15 is 0 Å². The third kappa shape index (κ3) is 2.85. The molecule has 6 heteroatoms. The van der Waals surface area contributed by atoms with E-state index in [1.807, 2.05) is 30.3 Å². The van der Waals surface area contributed by atoms with Crippen LogP contribution in [0.4, 0.5) is 0 Å². The van der Waals surface area contributed by atoms with Gasteiger partial charge in [0.15, 0.2) is 0 Å². The molecular weight excluding hydrogens is 254 g/mol. The van der Waals surface area contributed by atoms with Gasteiger partial charge >= 0.3 is 0 Å². The van der Waals surface area contributed by atoms with Gasteiger partial charge in [-0.2, -0.15) is 15.4 Å². The summed E-state index contributed by atoms with van der Waals surface area (Å²) in [5, 5.41) is 17.3. The molecule has 2 heterocycles. The van der Waals surface area contributed by atoms with Gasteiger partial charge in [0.05, 0.1) is 0 Å². The largest absolute Gasteiger partial charge is 0.352 e. The molecule has 1 aliphatic rings. The first-order chi connectivity index (χ1) is 9.83. The summed E-state index contributed by atoms with van der Waals surface area (Å²) in [6.07, 6.45) is 1.53. The summed E-state index contributed by atoms with van der Waals surface area (Å²) in [7, 11) is 0. The molecule has 1 aliphatic heterocycles. The number of H-pyrrole nitrogens is 1. The molecule has 3 N–H and O–H groups in total. The van der Waals surface area contributed by atoms with Crippen LogP contribution < -0.4 is 10.6 Å². The fraction of sp³-hybridized carbons (Fsp3) is 0.357. The second-order valence-corrected chi connectivity index (χ2v) is 4.92. The van der Waals surface area contributed by atoms with Crippen molar-refractivity contribution in [1.29, 1.82) is 0 Å². The Labute approximate surface area is 117 Å². The van der Waals surface area contributed by atoms with Crippen molar-refractivity contribution in [2.45, 2.75) is 25.4 Å². The number of hydrogen-bond acceptors (Lipinski definition) is 4. The summed E-state index contributed by atoms with van der Waals surface area (Å²) in [6.45, 7) is 1.39. The van der Waals surface area contributed by atoms with Crippen molar-refractivity contribution in [2.24, 2.45) is 0 Å². The molecule has 1 saturated heterocycles. The fourth-order valence-corrected chi connectivity index (χ4v) is 2.40. The van der Waals surface area contributed by atoms with Crippen LogP contribution in [0.1, 0.15) is 18.5 Å². The minimum absolute atomic E-state index is 0.142. The van der Waals surface area contributed by atoms with Crippen molar-refractivity contribution in [3.63, 3.8) is 0 Å². The van der Waals surface area contributed by atoms with E-state index in [1.165, 1.54) is 0 Å². The van der Waals surface area contributed by atoms with E-state index in [0.29, 0.717) is 13.0 Å². The topological polar surface area (TPSA) is 82.7 Å². The first kappa shape index (κ1) is 12.8. The van der Waals surface area contributed by atoms with Crippen molar-refractivity contribution in [1.82, 2.24) is 26.0 Å². The number of carbonyl (C=O) groups excluding carboxylic acids is 1. The molecule has 1 aromatic heterocycles. The molecule has 20 heavy (non-hydrogen) atoms. The van der Waals surface area contributed by atoms with Gasteiger partial charge < -0.3 is 10.6 Å². The zero-order chi connectivity index (χ0) is 13.8. The van der Waals surface area contributed by atoms with Gasteiger partial charge in [0.2, 0.25) is 5.91 Å². The Morgan fingerprint density at radius 2 is 2.10 bits per heavy atom. The Kier molecular flexibility index (Phi) is 3.73. The van der Waals surface area contributed by atoms with Gasteiger partial charge in [-0.25, -0.2) is 0 Å². The smallest absolute Gasteiger partial charge is 0.220 e. The van der Waals surface area contributed by atoms with Crippen LogP contribution in [0, 0.1) is 0 Å². The highest BCUT2D eigenvalue weighted by atomic mass is 16.1. The number of nitrogens with zero attached hydrogens (tertiary/aromatic N) is 2. The molecule has 6 nitrogen and oxygen atoms in total. The van der Waals surface area contributed by atoms with Crippen LogP contribution in [0.15, 0.2) is 30.3 Å². The zero-order valence-electron chi connectivity index (χ0n) is 11.1. The zero-order valence-corrected chi connectivity index (χ0v) is 11.1. The highest BCUT2D eigenvalue weighted by Crippen LogP contribution is 2.18. The molecule has 1 fully saturated rings. The lowest BCUT2D eigenvalue weighted by molar-refractivity contribution is -0.119. The van der Waals surface area contributed by atoms with Crippen LogP contribution in [0.2, 0.25) is 0 Å². The van der Waals surface area contributed by atoms with E-state index < -0.39 is 0 Å². The van der Waals surface area contributed by atoms with Crippen molar-refractivity contribution < 1.29 is 4.79 Å². The fourth-order valence-electron chi connectivity index (χ4n) is 2.40. The highest BCUT2D eigenvalue weighted by molar-refractivity contribution is 5.78. The molecule has 0 saturated carbocycles. The van der Waals surface area contributed by atoms with E-state index in [0.717, 1.165) is 29.9 Å². The summed E-state index contributed by atoms with van der Waals surface area (Å²) < 4.78 is 0. The van der Waals surface area contributed by atoms with Crippen LogP contribution in [0.3, 0.4) is 0 Å². The Balaban J connectivity index is 1.59. The minimum atomic E-state index is 0.142. The number of benzene rings is 1. The van der Waals surface area contributed by atoms with Crippen LogP contribution in [0.25, 0.3) is 11.3 Å². The maximum absolute atomic E-state index is 11.1. The first-order valence-corrected chi connectivity index (χ1v) is 6.78. The Morgan fingerprint density at radius 3 is 2.85 bits per heavy atom. The van der Waals surface area contributed by atoms with Crippen LogP contribution >= 0.6 is 0 Å². The predicted molar refractivity (Wildman–Crippen MR) is 74.7 cm³/mol. The lowest BCUT2D eigenvalue weighted by Gasteiger charge is -2.10. The van der Waals surface area contributed by atoms with E-state index in [9.17, 15) is 4.79 Å². The SMILES string of the molecule is O=C1CCC(CNCc2n[nH]nc2-c2ccccc2)N1. The number of aromatic nitrogens is 3. The van der Waals surface area contributed by atoms with Crippen molar-refractivity contribution in [3.05, 3.63) is 36.0 Å². The number of amides is 1. The van der Waals surface area contributed by atoms with Gasteiger partial charge in [0.25, 0.3) is 0 Å². The molecule has 3 rings (SSSR count). The van der Waals surface area contributed by atoms with E-state index in [4.69, 9.17) is 0 Å². The lowest BCUT2D eigenvalue weighted by Crippen LogP contribution is -2.35. The van der Waals surface area contributed by atoms with Crippen LogP contribution in [-0.2, 0) is 11.3 Å². The maximum Gasteiger partial charge on any atom is 0.220 e. The average molecular weight is 271 g/mol. The third-order valence-corrected chi connectivity index (χ3v) is 3.44. The van der Waals surface area contributed by atoms with E-state index in [2.05, 4.69) is 26.0 Å². The Morgan fingerprint density at radius 1 is 1.25 bits per heavy atom. The summed E-state index contributed by atoms with van der Waals surface area (Å²) >= 11 is 0. The second kappa shape index (κ2) is 5.83. The predicted octanol–water partition coefficient (Wildman–Crippen LogP) is 0.840. The summed E-state index contributed by atoms with van der Waals surface area (Å²) in [4.78, 5) is 11.1. The van der Waals surface area contributed by atoms with E-state index in [1.54, 1.807) is 0 Å². The van der Waals surface area contributed by atoms with Crippen molar-refractivity contribution in [2.75, 3.05) is 6.54 Å². The third-order valence-electron chi connectivity index (χ3n) is 3.44. The van der Waals surface area contributed by atoms with Gasteiger partial charge in [0, 0.05) is 31.1 Å². The Bertz CT molecular complexity index is 580. The van der Waals surface area contributed by atoms with Gasteiger partial charge in [-0.05, 0) is 6.42 Å². The molecule has 0 radical (unpaired) electrons. The molecule has 1 unspecified atom stereocenters. The monoisotopic (exact) mass is 271 g/mol.